The van der Waals surface area contributed by atoms with Crippen molar-refractivity contribution in [2.75, 3.05) is 0 Å². The lowest BCUT2D eigenvalue weighted by atomic mass is 10.3. The Morgan fingerprint density at radius 1 is 1.21 bits per heavy atom. The van der Waals surface area contributed by atoms with Crippen molar-refractivity contribution < 1.29 is 9.15 Å². The number of ether oxygens (including phenoxy) is 1. The molecule has 1 aromatic carbocycles. The van der Waals surface area contributed by atoms with Crippen LogP contribution in [-0.2, 0) is 0 Å². The molecule has 0 radical (unpaired) electrons. The summed E-state index contributed by atoms with van der Waals surface area (Å²) in [5, 5.41) is 0.917. The van der Waals surface area contributed by atoms with Crippen LogP contribution in [0.4, 0.5) is 0 Å². The first-order valence-electron chi connectivity index (χ1n) is 3.77. The second-order valence-corrected chi connectivity index (χ2v) is 3.31. The van der Waals surface area contributed by atoms with Crippen LogP contribution < -0.4 is 4.74 Å². The molecular formula is C9H5Cl2NO2. The zero-order valence-electron chi connectivity index (χ0n) is 6.91. The number of oxazole rings is 1. The summed E-state index contributed by atoms with van der Waals surface area (Å²) in [7, 11) is 0. The summed E-state index contributed by atoms with van der Waals surface area (Å²) >= 11 is 11.5. The van der Waals surface area contributed by atoms with E-state index in [0.29, 0.717) is 21.7 Å². The zero-order chi connectivity index (χ0) is 9.97. The summed E-state index contributed by atoms with van der Waals surface area (Å²) in [4.78, 5) is 3.71. The fourth-order valence-corrected chi connectivity index (χ4v) is 1.20. The van der Waals surface area contributed by atoms with E-state index < -0.39 is 0 Å². The van der Waals surface area contributed by atoms with Gasteiger partial charge < -0.3 is 9.15 Å². The van der Waals surface area contributed by atoms with Crippen molar-refractivity contribution in [3.63, 3.8) is 0 Å². The van der Waals surface area contributed by atoms with Crippen LogP contribution >= 0.6 is 23.2 Å². The largest absolute Gasteiger partial charge is 0.425 e. The third-order valence-electron chi connectivity index (χ3n) is 1.52. The van der Waals surface area contributed by atoms with Gasteiger partial charge >= 0.3 is 5.95 Å². The number of nitrogens with zero attached hydrogens (tertiary/aromatic N) is 1. The molecule has 2 rings (SSSR count). The number of benzene rings is 1. The molecule has 0 aliphatic rings. The van der Waals surface area contributed by atoms with E-state index in [9.17, 15) is 0 Å². The van der Waals surface area contributed by atoms with Crippen LogP contribution in [0.25, 0.3) is 0 Å². The molecule has 5 heteroatoms. The van der Waals surface area contributed by atoms with Crippen LogP contribution in [0.2, 0.25) is 10.0 Å². The topological polar surface area (TPSA) is 35.3 Å². The molecule has 0 aliphatic carbocycles. The summed E-state index contributed by atoms with van der Waals surface area (Å²) in [5.74, 6) is 0.861. The molecule has 0 amide bonds. The van der Waals surface area contributed by atoms with Gasteiger partial charge in [-0.15, -0.1) is 0 Å². The molecule has 0 saturated heterocycles. The maximum absolute atomic E-state index is 5.80. The molecule has 0 N–H and O–H groups in total. The Morgan fingerprint density at radius 2 is 2.07 bits per heavy atom. The minimum atomic E-state index is 0.309. The van der Waals surface area contributed by atoms with Crippen LogP contribution in [0.3, 0.4) is 0 Å². The van der Waals surface area contributed by atoms with E-state index in [2.05, 4.69) is 4.98 Å². The molecule has 0 unspecified atom stereocenters. The van der Waals surface area contributed by atoms with E-state index in [1.807, 2.05) is 0 Å². The normalized spacial score (nSPS) is 10.1. The van der Waals surface area contributed by atoms with Gasteiger partial charge in [-0.1, -0.05) is 23.2 Å². The maximum Gasteiger partial charge on any atom is 0.310 e. The fourth-order valence-electron chi connectivity index (χ4n) is 0.911. The number of halogens is 2. The molecule has 0 saturated carbocycles. The molecule has 0 atom stereocenters. The van der Waals surface area contributed by atoms with Crippen LogP contribution in [0, 0.1) is 0 Å². The molecule has 0 fully saturated rings. The van der Waals surface area contributed by atoms with Crippen molar-refractivity contribution in [2.24, 2.45) is 0 Å². The molecule has 1 aromatic heterocycles. The quantitative estimate of drug-likeness (QED) is 0.787. The Morgan fingerprint density at radius 3 is 2.71 bits per heavy atom. The molecule has 72 valence electrons. The van der Waals surface area contributed by atoms with Gasteiger partial charge in [-0.25, -0.2) is 4.98 Å². The van der Waals surface area contributed by atoms with Crippen molar-refractivity contribution in [3.8, 4) is 11.7 Å². The van der Waals surface area contributed by atoms with Gasteiger partial charge in [-0.05, 0) is 12.1 Å². The highest BCUT2D eigenvalue weighted by molar-refractivity contribution is 6.42. The fraction of sp³-hybridized carbons (Fsp3) is 0. The van der Waals surface area contributed by atoms with Crippen molar-refractivity contribution in [3.05, 3.63) is 40.8 Å². The Kier molecular flexibility index (Phi) is 2.61. The smallest absolute Gasteiger partial charge is 0.310 e. The lowest BCUT2D eigenvalue weighted by Crippen LogP contribution is -1.81. The lowest BCUT2D eigenvalue weighted by molar-refractivity contribution is 0.346. The van der Waals surface area contributed by atoms with Crippen molar-refractivity contribution in [1.82, 2.24) is 4.98 Å². The predicted molar refractivity (Wildman–Crippen MR) is 53.0 cm³/mol. The first-order chi connectivity index (χ1) is 6.75. The molecule has 2 aromatic rings. The number of hydrogen-bond donors (Lipinski definition) is 0. The average Bonchev–Trinajstić information content (AvgIpc) is 2.64. The Balaban J connectivity index is 2.22. The Labute approximate surface area is 90.2 Å². The van der Waals surface area contributed by atoms with Gasteiger partial charge in [-0.3, -0.25) is 0 Å². The van der Waals surface area contributed by atoms with E-state index in [1.54, 1.807) is 18.2 Å². The second-order valence-electron chi connectivity index (χ2n) is 2.50. The van der Waals surface area contributed by atoms with Crippen LogP contribution in [0.15, 0.2) is 35.2 Å². The predicted octanol–water partition coefficient (Wildman–Crippen LogP) is 3.77. The lowest BCUT2D eigenvalue weighted by Gasteiger charge is -2.02. The molecule has 3 nitrogen and oxygen atoms in total. The highest BCUT2D eigenvalue weighted by Gasteiger charge is 2.03. The zero-order valence-corrected chi connectivity index (χ0v) is 8.42. The highest BCUT2D eigenvalue weighted by Crippen LogP contribution is 2.28. The first-order valence-corrected chi connectivity index (χ1v) is 4.53. The van der Waals surface area contributed by atoms with E-state index in [-0.39, 0.29) is 0 Å². The van der Waals surface area contributed by atoms with Crippen LogP contribution in [0.5, 0.6) is 11.7 Å². The summed E-state index contributed by atoms with van der Waals surface area (Å²) in [5.41, 5.74) is 0. The van der Waals surface area contributed by atoms with Gasteiger partial charge in [0.2, 0.25) is 0 Å². The van der Waals surface area contributed by atoms with Gasteiger partial charge in [0.15, 0.2) is 6.39 Å². The van der Waals surface area contributed by atoms with Crippen molar-refractivity contribution >= 4 is 23.2 Å². The van der Waals surface area contributed by atoms with E-state index in [4.69, 9.17) is 32.4 Å². The van der Waals surface area contributed by atoms with Crippen molar-refractivity contribution in [2.45, 2.75) is 0 Å². The van der Waals surface area contributed by atoms with Gasteiger partial charge in [0.05, 0.1) is 10.0 Å². The minimum Gasteiger partial charge on any atom is -0.425 e. The average molecular weight is 230 g/mol. The highest BCUT2D eigenvalue weighted by atomic mass is 35.5. The van der Waals surface area contributed by atoms with Gasteiger partial charge in [0.1, 0.15) is 11.9 Å². The first kappa shape index (κ1) is 9.37. The van der Waals surface area contributed by atoms with Gasteiger partial charge in [0, 0.05) is 6.07 Å². The summed E-state index contributed by atoms with van der Waals surface area (Å²) in [6.07, 6.45) is 2.75. The second kappa shape index (κ2) is 3.90. The van der Waals surface area contributed by atoms with Crippen LogP contribution in [-0.4, -0.2) is 4.98 Å². The Hall–Kier alpha value is -1.19. The SMILES string of the molecule is Clc1ccc(Oc2cnco2)cc1Cl. The third kappa shape index (κ3) is 2.00. The Bertz CT molecular complexity index is 428. The van der Waals surface area contributed by atoms with Crippen LogP contribution in [0.1, 0.15) is 0 Å². The molecule has 0 bridgehead atoms. The molecule has 14 heavy (non-hydrogen) atoms. The number of rotatable bonds is 2. The van der Waals surface area contributed by atoms with E-state index in [1.165, 1.54) is 12.6 Å². The molecule has 1 heterocycles. The third-order valence-corrected chi connectivity index (χ3v) is 2.26. The standard InChI is InChI=1S/C9H5Cl2NO2/c10-7-2-1-6(3-8(7)11)14-9-4-12-5-13-9/h1-5H. The molecule has 0 spiro atoms. The summed E-state index contributed by atoms with van der Waals surface area (Å²) in [6, 6.07) is 4.94. The monoisotopic (exact) mass is 229 g/mol. The number of aromatic nitrogens is 1. The van der Waals surface area contributed by atoms with E-state index in [0.717, 1.165) is 0 Å². The van der Waals surface area contributed by atoms with Gasteiger partial charge in [0.25, 0.3) is 0 Å². The number of hydrogen-bond acceptors (Lipinski definition) is 3. The van der Waals surface area contributed by atoms with E-state index >= 15 is 0 Å². The molecular weight excluding hydrogens is 225 g/mol. The molecule has 0 aliphatic heterocycles. The maximum atomic E-state index is 5.80. The summed E-state index contributed by atoms with van der Waals surface area (Å²) < 4.78 is 10.2. The van der Waals surface area contributed by atoms with Gasteiger partial charge in [-0.2, -0.15) is 0 Å². The minimum absolute atomic E-state index is 0.309. The summed E-state index contributed by atoms with van der Waals surface area (Å²) in [6.45, 7) is 0. The van der Waals surface area contributed by atoms with Crippen molar-refractivity contribution in [1.29, 1.82) is 0 Å².